The summed E-state index contributed by atoms with van der Waals surface area (Å²) in [5.41, 5.74) is -2.06. The summed E-state index contributed by atoms with van der Waals surface area (Å²) < 4.78 is 78.8. The quantitative estimate of drug-likeness (QED) is 0.231. The molecule has 4 nitrogen and oxygen atoms in total. The number of carbonyl (C=O) groups is 1. The Morgan fingerprint density at radius 1 is 0.970 bits per heavy atom. The van der Waals surface area contributed by atoms with Crippen LogP contribution in [0.2, 0.25) is 5.02 Å². The first-order valence-electron chi connectivity index (χ1n) is 9.20. The van der Waals surface area contributed by atoms with Crippen molar-refractivity contribution in [3.63, 3.8) is 0 Å². The zero-order chi connectivity index (χ0) is 24.4. The Morgan fingerprint density at radius 2 is 1.64 bits per heavy atom. The number of nitrogens with zero attached hydrogens (tertiary/aromatic N) is 2. The van der Waals surface area contributed by atoms with E-state index in [0.717, 1.165) is 18.2 Å². The summed E-state index contributed by atoms with van der Waals surface area (Å²) in [7, 11) is 0. The maximum atomic E-state index is 13.3. The summed E-state index contributed by atoms with van der Waals surface area (Å²) in [6, 6.07) is 11.3. The third kappa shape index (κ3) is 6.38. The first kappa shape index (κ1) is 24.8. The van der Waals surface area contributed by atoms with Gasteiger partial charge in [-0.1, -0.05) is 53.7 Å². The zero-order valence-corrected chi connectivity index (χ0v) is 18.2. The molecule has 1 heterocycles. The van der Waals surface area contributed by atoms with Gasteiger partial charge >= 0.3 is 12.4 Å². The molecule has 0 saturated carbocycles. The highest BCUT2D eigenvalue weighted by Crippen LogP contribution is 2.35. The lowest BCUT2D eigenvalue weighted by molar-refractivity contribution is -0.141. The van der Waals surface area contributed by atoms with Crippen LogP contribution in [-0.2, 0) is 17.1 Å². The number of thioether (sulfide) groups is 1. The van der Waals surface area contributed by atoms with E-state index >= 15 is 0 Å². The number of hydrogen-bond acceptors (Lipinski definition) is 4. The van der Waals surface area contributed by atoms with E-state index in [4.69, 9.17) is 11.6 Å². The van der Waals surface area contributed by atoms with Gasteiger partial charge in [0.05, 0.1) is 27.2 Å². The molecule has 1 amide bonds. The van der Waals surface area contributed by atoms with Gasteiger partial charge in [-0.3, -0.25) is 4.79 Å². The predicted molar refractivity (Wildman–Crippen MR) is 113 cm³/mol. The second kappa shape index (κ2) is 9.60. The van der Waals surface area contributed by atoms with Crippen LogP contribution in [-0.4, -0.2) is 21.1 Å². The minimum atomic E-state index is -4.75. The van der Waals surface area contributed by atoms with Gasteiger partial charge in [0.2, 0.25) is 5.91 Å². The lowest BCUT2D eigenvalue weighted by atomic mass is 10.1. The van der Waals surface area contributed by atoms with E-state index in [1.165, 1.54) is 6.92 Å². The number of rotatable bonds is 5. The second-order valence-corrected chi connectivity index (χ2v) is 8.44. The summed E-state index contributed by atoms with van der Waals surface area (Å²) in [6.07, 6.45) is -9.40. The summed E-state index contributed by atoms with van der Waals surface area (Å²) in [5, 5.41) is 0.764. The molecule has 0 saturated heterocycles. The molecule has 0 unspecified atom stereocenters. The van der Waals surface area contributed by atoms with Crippen LogP contribution < -0.4 is 5.32 Å². The summed E-state index contributed by atoms with van der Waals surface area (Å²) in [5.74, 6) is -0.788. The number of aromatic nitrogens is 2. The summed E-state index contributed by atoms with van der Waals surface area (Å²) in [6.45, 7) is 1.35. The minimum absolute atomic E-state index is 0.00829. The van der Waals surface area contributed by atoms with E-state index in [1.54, 1.807) is 30.3 Å². The molecule has 0 aliphatic carbocycles. The van der Waals surface area contributed by atoms with E-state index in [9.17, 15) is 31.1 Å². The fourth-order valence-electron chi connectivity index (χ4n) is 2.62. The number of halogens is 7. The van der Waals surface area contributed by atoms with Crippen molar-refractivity contribution in [1.29, 1.82) is 0 Å². The van der Waals surface area contributed by atoms with Gasteiger partial charge in [0.25, 0.3) is 0 Å². The van der Waals surface area contributed by atoms with Gasteiger partial charge in [-0.25, -0.2) is 9.97 Å². The van der Waals surface area contributed by atoms with E-state index in [2.05, 4.69) is 15.3 Å². The average molecular weight is 506 g/mol. The van der Waals surface area contributed by atoms with Crippen molar-refractivity contribution in [2.24, 2.45) is 0 Å². The number of carbonyl (C=O) groups excluding carboxylic acids is 1. The van der Waals surface area contributed by atoms with Crippen molar-refractivity contribution >= 4 is 35.0 Å². The van der Waals surface area contributed by atoms with Crippen LogP contribution in [0.5, 0.6) is 0 Å². The van der Waals surface area contributed by atoms with Gasteiger partial charge in [-0.2, -0.15) is 26.3 Å². The maximum absolute atomic E-state index is 13.3. The van der Waals surface area contributed by atoms with Crippen LogP contribution in [0.1, 0.15) is 18.2 Å². The van der Waals surface area contributed by atoms with E-state index in [1.807, 2.05) is 0 Å². The third-order valence-electron chi connectivity index (χ3n) is 4.27. The molecule has 12 heteroatoms. The third-order valence-corrected chi connectivity index (χ3v) is 5.56. The van der Waals surface area contributed by atoms with Crippen LogP contribution in [0, 0.1) is 0 Å². The molecule has 1 aromatic heterocycles. The standard InChI is InChI=1S/C21H14ClF6N3OS/c1-11(18(32)29-16-9-13(20(23,24)25)7-8-14(16)22)33-19-30-15(12-5-3-2-4-6-12)10-17(31-19)21(26,27)28/h2-11H,1H3,(H,29,32)/t11-/m0/s1. The van der Waals surface area contributed by atoms with Crippen LogP contribution in [0.3, 0.4) is 0 Å². The fraction of sp³-hybridized carbons (Fsp3) is 0.190. The molecule has 3 rings (SSSR count). The number of nitrogens with one attached hydrogen (secondary N) is 1. The molecule has 3 aromatic rings. The molecule has 174 valence electrons. The van der Waals surface area contributed by atoms with E-state index in [-0.39, 0.29) is 21.6 Å². The number of benzene rings is 2. The zero-order valence-electron chi connectivity index (χ0n) is 16.6. The Bertz CT molecular complexity index is 1150. The molecule has 0 fully saturated rings. The minimum Gasteiger partial charge on any atom is -0.324 e. The summed E-state index contributed by atoms with van der Waals surface area (Å²) in [4.78, 5) is 20.1. The highest BCUT2D eigenvalue weighted by Gasteiger charge is 2.34. The predicted octanol–water partition coefficient (Wildman–Crippen LogP) is 6.95. The van der Waals surface area contributed by atoms with Crippen molar-refractivity contribution in [3.05, 3.63) is 70.9 Å². The highest BCUT2D eigenvalue weighted by atomic mass is 35.5. The number of alkyl halides is 6. The molecule has 0 spiro atoms. The van der Waals surface area contributed by atoms with Crippen LogP contribution in [0.15, 0.2) is 59.8 Å². The Kier molecular flexibility index (Phi) is 7.23. The van der Waals surface area contributed by atoms with Crippen LogP contribution in [0.4, 0.5) is 32.0 Å². The lowest BCUT2D eigenvalue weighted by Crippen LogP contribution is -2.23. The fourth-order valence-corrected chi connectivity index (χ4v) is 3.57. The normalized spacial score (nSPS) is 13.0. The topological polar surface area (TPSA) is 54.9 Å². The van der Waals surface area contributed by atoms with Crippen LogP contribution >= 0.6 is 23.4 Å². The highest BCUT2D eigenvalue weighted by molar-refractivity contribution is 8.00. The summed E-state index contributed by atoms with van der Waals surface area (Å²) >= 11 is 6.50. The first-order valence-corrected chi connectivity index (χ1v) is 10.5. The van der Waals surface area contributed by atoms with Gasteiger partial charge in [0, 0.05) is 5.56 Å². The molecule has 0 aliphatic rings. The monoisotopic (exact) mass is 505 g/mol. The van der Waals surface area contributed by atoms with Crippen LogP contribution in [0.25, 0.3) is 11.3 Å². The number of hydrogen-bond donors (Lipinski definition) is 1. The van der Waals surface area contributed by atoms with Crippen molar-refractivity contribution < 1.29 is 31.1 Å². The molecule has 1 atom stereocenters. The molecule has 0 bridgehead atoms. The SMILES string of the molecule is C[C@H](Sc1nc(-c2ccccc2)cc(C(F)(F)F)n1)C(=O)Nc1cc(C(F)(F)F)ccc1Cl. The van der Waals surface area contributed by atoms with Gasteiger partial charge < -0.3 is 5.32 Å². The first-order chi connectivity index (χ1) is 15.3. The number of amides is 1. The van der Waals surface area contributed by atoms with Gasteiger partial charge in [-0.15, -0.1) is 0 Å². The Hall–Kier alpha value is -2.79. The lowest BCUT2D eigenvalue weighted by Gasteiger charge is -2.15. The molecular formula is C21H14ClF6N3OS. The Morgan fingerprint density at radius 3 is 2.24 bits per heavy atom. The second-order valence-electron chi connectivity index (χ2n) is 6.73. The van der Waals surface area contributed by atoms with Crippen molar-refractivity contribution in [1.82, 2.24) is 9.97 Å². The molecule has 33 heavy (non-hydrogen) atoms. The number of anilines is 1. The smallest absolute Gasteiger partial charge is 0.324 e. The van der Waals surface area contributed by atoms with Gasteiger partial charge in [-0.05, 0) is 31.2 Å². The average Bonchev–Trinajstić information content (AvgIpc) is 2.74. The van der Waals surface area contributed by atoms with Gasteiger partial charge in [0.15, 0.2) is 5.16 Å². The molecule has 1 N–H and O–H groups in total. The Balaban J connectivity index is 1.85. The molecular weight excluding hydrogens is 492 g/mol. The largest absolute Gasteiger partial charge is 0.433 e. The van der Waals surface area contributed by atoms with Gasteiger partial charge in [0.1, 0.15) is 5.69 Å². The Labute approximate surface area is 193 Å². The van der Waals surface area contributed by atoms with Crippen molar-refractivity contribution in [2.45, 2.75) is 29.7 Å². The van der Waals surface area contributed by atoms with Crippen molar-refractivity contribution in [3.8, 4) is 11.3 Å². The molecule has 0 aliphatic heterocycles. The molecule has 0 radical (unpaired) electrons. The maximum Gasteiger partial charge on any atom is 0.433 e. The van der Waals surface area contributed by atoms with E-state index in [0.29, 0.717) is 23.4 Å². The van der Waals surface area contributed by atoms with Crippen molar-refractivity contribution in [2.75, 3.05) is 5.32 Å². The van der Waals surface area contributed by atoms with E-state index < -0.39 is 34.8 Å². The molecule has 2 aromatic carbocycles.